The van der Waals surface area contributed by atoms with Crippen LogP contribution in [0.3, 0.4) is 0 Å². The SMILES string of the molecule is COc1ccc(CSc2c(F)c(N3CCN(C)CC3)c(F)c3c2c(=O)c(C(=O)O)cn3C2CC2)cc1. The molecule has 36 heavy (non-hydrogen) atoms. The number of carbonyl (C=O) groups is 1. The van der Waals surface area contributed by atoms with E-state index >= 15 is 8.78 Å². The van der Waals surface area contributed by atoms with Crippen molar-refractivity contribution in [1.82, 2.24) is 9.47 Å². The van der Waals surface area contributed by atoms with E-state index < -0.39 is 28.6 Å². The van der Waals surface area contributed by atoms with Gasteiger partial charge in [-0.25, -0.2) is 13.6 Å². The zero-order valence-corrected chi connectivity index (χ0v) is 20.9. The molecule has 0 bridgehead atoms. The number of thioether (sulfide) groups is 1. The number of methoxy groups -OCH3 is 1. The number of aromatic nitrogens is 1. The van der Waals surface area contributed by atoms with Crippen LogP contribution in [0, 0.1) is 11.6 Å². The summed E-state index contributed by atoms with van der Waals surface area (Å²) in [6, 6.07) is 7.12. The lowest BCUT2D eigenvalue weighted by atomic mass is 10.1. The summed E-state index contributed by atoms with van der Waals surface area (Å²) in [5, 5.41) is 9.49. The molecule has 0 amide bonds. The van der Waals surface area contributed by atoms with Gasteiger partial charge in [0.2, 0.25) is 5.43 Å². The van der Waals surface area contributed by atoms with Crippen LogP contribution in [0.25, 0.3) is 10.9 Å². The largest absolute Gasteiger partial charge is 0.497 e. The number of hydrogen-bond donors (Lipinski definition) is 1. The minimum absolute atomic E-state index is 0.0138. The van der Waals surface area contributed by atoms with Crippen molar-refractivity contribution in [2.24, 2.45) is 0 Å². The highest BCUT2D eigenvalue weighted by atomic mass is 32.2. The number of anilines is 1. The highest BCUT2D eigenvalue weighted by molar-refractivity contribution is 7.98. The molecule has 2 heterocycles. The molecule has 7 nitrogen and oxygen atoms in total. The van der Waals surface area contributed by atoms with Gasteiger partial charge in [0, 0.05) is 44.2 Å². The van der Waals surface area contributed by atoms with Crippen molar-refractivity contribution in [3.8, 4) is 5.75 Å². The minimum atomic E-state index is -1.41. The highest BCUT2D eigenvalue weighted by Crippen LogP contribution is 2.44. The number of ether oxygens (including phenoxy) is 1. The number of carboxylic acid groups (broad SMARTS) is 1. The zero-order valence-electron chi connectivity index (χ0n) is 20.1. The standard InChI is InChI=1S/C26H27F2N3O4S/c1-29-9-11-30(12-10-29)23-20(27)22-19(24(32)18(26(33)34)13-31(22)16-5-6-16)25(21(23)28)36-14-15-3-7-17(35-2)8-4-15/h3-4,7-8,13,16H,5-6,9-12,14H2,1-2H3,(H,33,34). The van der Waals surface area contributed by atoms with E-state index in [0.29, 0.717) is 37.7 Å². The molecule has 0 unspecified atom stereocenters. The summed E-state index contributed by atoms with van der Waals surface area (Å²) < 4.78 is 39.1. The van der Waals surface area contributed by atoms with Crippen molar-refractivity contribution in [1.29, 1.82) is 0 Å². The van der Waals surface area contributed by atoms with Crippen LogP contribution in [0.2, 0.25) is 0 Å². The molecular formula is C26H27F2N3O4S. The van der Waals surface area contributed by atoms with Gasteiger partial charge in [0.15, 0.2) is 11.6 Å². The summed E-state index contributed by atoms with van der Waals surface area (Å²) in [5.74, 6) is -2.04. The Kier molecular flexibility index (Phi) is 6.65. The van der Waals surface area contributed by atoms with E-state index in [4.69, 9.17) is 4.74 Å². The second kappa shape index (κ2) is 9.74. The smallest absolute Gasteiger partial charge is 0.341 e. The van der Waals surface area contributed by atoms with E-state index in [2.05, 4.69) is 4.90 Å². The Hall–Kier alpha value is -3.11. The van der Waals surface area contributed by atoms with Gasteiger partial charge in [-0.05, 0) is 37.6 Å². The zero-order chi connectivity index (χ0) is 25.6. The number of rotatable bonds is 7. The second-order valence-corrected chi connectivity index (χ2v) is 10.3. The van der Waals surface area contributed by atoms with Crippen molar-refractivity contribution in [3.63, 3.8) is 0 Å². The second-order valence-electron chi connectivity index (χ2n) is 9.27. The quantitative estimate of drug-likeness (QED) is 0.469. The third-order valence-corrected chi connectivity index (χ3v) is 7.97. The highest BCUT2D eigenvalue weighted by Gasteiger charge is 2.34. The molecule has 0 atom stereocenters. The van der Waals surface area contributed by atoms with Crippen LogP contribution in [0.1, 0.15) is 34.8 Å². The molecule has 3 aromatic rings. The summed E-state index contributed by atoms with van der Waals surface area (Å²) in [7, 11) is 3.52. The number of benzene rings is 2. The summed E-state index contributed by atoms with van der Waals surface area (Å²) in [4.78, 5) is 29.0. The number of piperazine rings is 1. The minimum Gasteiger partial charge on any atom is -0.497 e. The molecule has 190 valence electrons. The molecule has 1 saturated heterocycles. The summed E-state index contributed by atoms with van der Waals surface area (Å²) in [6.45, 7) is 2.19. The van der Waals surface area contributed by atoms with Gasteiger partial charge in [-0.2, -0.15) is 0 Å². The first-order valence-corrected chi connectivity index (χ1v) is 12.8. The van der Waals surface area contributed by atoms with E-state index in [1.54, 1.807) is 24.1 Å². The average molecular weight is 516 g/mol. The van der Waals surface area contributed by atoms with E-state index in [1.807, 2.05) is 19.2 Å². The summed E-state index contributed by atoms with van der Waals surface area (Å²) in [5.41, 5.74) is -0.651. The van der Waals surface area contributed by atoms with Crippen molar-refractivity contribution in [3.05, 3.63) is 63.4 Å². The molecule has 1 saturated carbocycles. The number of aromatic carboxylic acids is 1. The molecular weight excluding hydrogens is 488 g/mol. The maximum Gasteiger partial charge on any atom is 0.341 e. The van der Waals surface area contributed by atoms with E-state index in [-0.39, 0.29) is 27.5 Å². The lowest BCUT2D eigenvalue weighted by Crippen LogP contribution is -2.45. The number of hydrogen-bond acceptors (Lipinski definition) is 6. The average Bonchev–Trinajstić information content (AvgIpc) is 3.71. The molecule has 0 spiro atoms. The first-order chi connectivity index (χ1) is 17.3. The normalized spacial score (nSPS) is 16.5. The van der Waals surface area contributed by atoms with Crippen LogP contribution in [0.5, 0.6) is 5.75 Å². The van der Waals surface area contributed by atoms with Gasteiger partial charge >= 0.3 is 5.97 Å². The van der Waals surface area contributed by atoms with E-state index in [1.165, 1.54) is 10.8 Å². The first kappa shape index (κ1) is 24.6. The number of pyridine rings is 1. The van der Waals surface area contributed by atoms with Crippen LogP contribution < -0.4 is 15.1 Å². The van der Waals surface area contributed by atoms with E-state index in [0.717, 1.165) is 30.2 Å². The van der Waals surface area contributed by atoms with Crippen molar-refractivity contribution in [2.45, 2.75) is 29.5 Å². The number of fused-ring (bicyclic) bond motifs is 1. The van der Waals surface area contributed by atoms with Crippen molar-refractivity contribution < 1.29 is 23.4 Å². The molecule has 2 aromatic carbocycles. The Bertz CT molecular complexity index is 1380. The van der Waals surface area contributed by atoms with Gasteiger partial charge in [0.25, 0.3) is 0 Å². The summed E-state index contributed by atoms with van der Waals surface area (Å²) >= 11 is 1.08. The molecule has 1 aromatic heterocycles. The predicted octanol–water partition coefficient (Wildman–Crippen LogP) is 4.37. The van der Waals surface area contributed by atoms with Crippen LogP contribution in [-0.4, -0.2) is 60.9 Å². The Morgan fingerprint density at radius 1 is 1.11 bits per heavy atom. The number of nitrogens with zero attached hydrogens (tertiary/aromatic N) is 3. The van der Waals surface area contributed by atoms with Crippen LogP contribution >= 0.6 is 11.8 Å². The van der Waals surface area contributed by atoms with Gasteiger partial charge in [-0.1, -0.05) is 12.1 Å². The molecule has 5 rings (SSSR count). The topological polar surface area (TPSA) is 75.0 Å². The molecule has 2 aliphatic rings. The van der Waals surface area contributed by atoms with Gasteiger partial charge in [0.1, 0.15) is 17.0 Å². The fraction of sp³-hybridized carbons (Fsp3) is 0.385. The van der Waals surface area contributed by atoms with E-state index in [9.17, 15) is 14.7 Å². The predicted molar refractivity (Wildman–Crippen MR) is 136 cm³/mol. The Labute approximate surface area is 211 Å². The van der Waals surface area contributed by atoms with Gasteiger partial charge in [0.05, 0.1) is 22.9 Å². The van der Waals surface area contributed by atoms with Crippen LogP contribution in [0.4, 0.5) is 14.5 Å². The Morgan fingerprint density at radius 2 is 1.78 bits per heavy atom. The van der Waals surface area contributed by atoms with Crippen LogP contribution in [0.15, 0.2) is 40.2 Å². The van der Waals surface area contributed by atoms with Crippen molar-refractivity contribution >= 4 is 34.3 Å². The summed E-state index contributed by atoms with van der Waals surface area (Å²) in [6.07, 6.45) is 2.70. The lowest BCUT2D eigenvalue weighted by Gasteiger charge is -2.35. The molecule has 0 radical (unpaired) electrons. The monoisotopic (exact) mass is 515 g/mol. The fourth-order valence-electron chi connectivity index (χ4n) is 4.61. The molecule has 10 heteroatoms. The van der Waals surface area contributed by atoms with Gasteiger partial charge in [-0.15, -0.1) is 11.8 Å². The Morgan fingerprint density at radius 3 is 2.36 bits per heavy atom. The third-order valence-electron chi connectivity index (χ3n) is 6.82. The maximum absolute atomic E-state index is 16.2. The number of likely N-dealkylation sites (N-methyl/N-ethyl adjacent to an activating group) is 1. The van der Waals surface area contributed by atoms with Gasteiger partial charge in [-0.3, -0.25) is 4.79 Å². The molecule has 1 aliphatic carbocycles. The fourth-order valence-corrected chi connectivity index (χ4v) is 5.67. The molecule has 2 fully saturated rings. The lowest BCUT2D eigenvalue weighted by molar-refractivity contribution is 0.0694. The first-order valence-electron chi connectivity index (χ1n) is 11.8. The Balaban J connectivity index is 1.71. The third kappa shape index (κ3) is 4.43. The van der Waals surface area contributed by atoms with Crippen LogP contribution in [-0.2, 0) is 5.75 Å². The number of carboxylic acids is 1. The number of halogens is 2. The van der Waals surface area contributed by atoms with Crippen molar-refractivity contribution in [2.75, 3.05) is 45.2 Å². The molecule has 1 aliphatic heterocycles. The molecule has 1 N–H and O–H groups in total. The maximum atomic E-state index is 16.2. The van der Waals surface area contributed by atoms with Gasteiger partial charge < -0.3 is 24.2 Å².